The third-order valence-electron chi connectivity index (χ3n) is 4.27. The van der Waals surface area contributed by atoms with Crippen molar-refractivity contribution < 1.29 is 9.90 Å². The number of nitrogens with zero attached hydrogens (tertiary/aromatic N) is 1. The van der Waals surface area contributed by atoms with Gasteiger partial charge in [-0.05, 0) is 37.8 Å². The number of likely N-dealkylation sites (tertiary alicyclic amines) is 1. The predicted molar refractivity (Wildman–Crippen MR) is 83.1 cm³/mol. The largest absolute Gasteiger partial charge is 0.397 e. The van der Waals surface area contributed by atoms with E-state index in [4.69, 9.17) is 5.73 Å². The number of H-pyrrole nitrogens is 1. The summed E-state index contributed by atoms with van der Waals surface area (Å²) in [5.41, 5.74) is 7.98. The van der Waals surface area contributed by atoms with Crippen LogP contribution in [0.15, 0.2) is 24.3 Å². The monoisotopic (exact) mass is 287 g/mol. The van der Waals surface area contributed by atoms with E-state index in [1.807, 2.05) is 29.2 Å². The number of hydrogen-bond acceptors (Lipinski definition) is 3. The number of carbonyl (C=O) groups is 1. The Balaban J connectivity index is 1.90. The van der Waals surface area contributed by atoms with Crippen molar-refractivity contribution in [3.05, 3.63) is 30.0 Å². The van der Waals surface area contributed by atoms with Gasteiger partial charge in [-0.25, -0.2) is 0 Å². The third-order valence-corrected chi connectivity index (χ3v) is 4.27. The number of piperidine rings is 1. The molecule has 1 aromatic carbocycles. The Morgan fingerprint density at radius 3 is 3.05 bits per heavy atom. The first-order chi connectivity index (χ1) is 10.2. The molecule has 2 heterocycles. The van der Waals surface area contributed by atoms with Crippen LogP contribution >= 0.6 is 0 Å². The van der Waals surface area contributed by atoms with Crippen molar-refractivity contribution in [2.75, 3.05) is 18.9 Å². The van der Waals surface area contributed by atoms with Crippen molar-refractivity contribution in [2.24, 2.45) is 0 Å². The second-order valence-electron chi connectivity index (χ2n) is 5.65. The molecule has 0 saturated carbocycles. The van der Waals surface area contributed by atoms with Crippen LogP contribution in [0.5, 0.6) is 0 Å². The minimum absolute atomic E-state index is 0.00347. The lowest BCUT2D eigenvalue weighted by atomic mass is 9.99. The summed E-state index contributed by atoms with van der Waals surface area (Å²) in [7, 11) is 0. The topological polar surface area (TPSA) is 82.3 Å². The van der Waals surface area contributed by atoms with Gasteiger partial charge in [0.15, 0.2) is 0 Å². The van der Waals surface area contributed by atoms with E-state index < -0.39 is 0 Å². The molecule has 1 saturated heterocycles. The fourth-order valence-electron chi connectivity index (χ4n) is 3.17. The van der Waals surface area contributed by atoms with Gasteiger partial charge in [-0.15, -0.1) is 0 Å². The first-order valence-electron chi connectivity index (χ1n) is 7.49. The number of anilines is 1. The Hall–Kier alpha value is -2.01. The summed E-state index contributed by atoms with van der Waals surface area (Å²) in [6, 6.07) is 7.65. The number of fused-ring (bicyclic) bond motifs is 1. The van der Waals surface area contributed by atoms with Crippen molar-refractivity contribution >= 4 is 22.5 Å². The van der Waals surface area contributed by atoms with E-state index in [9.17, 15) is 9.90 Å². The fraction of sp³-hybridized carbons (Fsp3) is 0.438. The first kappa shape index (κ1) is 13.9. The molecule has 1 unspecified atom stereocenters. The summed E-state index contributed by atoms with van der Waals surface area (Å²) in [5, 5.41) is 10.1. The van der Waals surface area contributed by atoms with Gasteiger partial charge < -0.3 is 20.7 Å². The SMILES string of the molecule is Nc1cccc2cc(C(=O)N3CCCCC3CCO)[nH]c12. The number of aliphatic hydroxyl groups is 1. The molecule has 21 heavy (non-hydrogen) atoms. The summed E-state index contributed by atoms with van der Waals surface area (Å²) in [6.07, 6.45) is 3.76. The number of rotatable bonds is 3. The molecule has 5 heteroatoms. The maximum absolute atomic E-state index is 12.7. The Morgan fingerprint density at radius 2 is 2.29 bits per heavy atom. The average molecular weight is 287 g/mol. The van der Waals surface area contributed by atoms with Crippen molar-refractivity contribution in [1.82, 2.24) is 9.88 Å². The second-order valence-corrected chi connectivity index (χ2v) is 5.65. The Labute approximate surface area is 123 Å². The van der Waals surface area contributed by atoms with Crippen molar-refractivity contribution in [3.8, 4) is 0 Å². The maximum Gasteiger partial charge on any atom is 0.270 e. The van der Waals surface area contributed by atoms with Crippen LogP contribution in [0.25, 0.3) is 10.9 Å². The van der Waals surface area contributed by atoms with Gasteiger partial charge in [-0.3, -0.25) is 4.79 Å². The molecule has 1 fully saturated rings. The first-order valence-corrected chi connectivity index (χ1v) is 7.49. The fourth-order valence-corrected chi connectivity index (χ4v) is 3.17. The number of para-hydroxylation sites is 1. The van der Waals surface area contributed by atoms with Crippen LogP contribution in [0.3, 0.4) is 0 Å². The molecule has 1 atom stereocenters. The van der Waals surface area contributed by atoms with Crippen molar-refractivity contribution in [1.29, 1.82) is 0 Å². The number of carbonyl (C=O) groups excluding carboxylic acids is 1. The molecule has 5 nitrogen and oxygen atoms in total. The summed E-state index contributed by atoms with van der Waals surface area (Å²) >= 11 is 0. The molecular formula is C16H21N3O2. The minimum Gasteiger partial charge on any atom is -0.397 e. The number of amides is 1. The van der Waals surface area contributed by atoms with E-state index >= 15 is 0 Å². The smallest absolute Gasteiger partial charge is 0.270 e. The molecule has 2 aromatic rings. The summed E-state index contributed by atoms with van der Waals surface area (Å²) < 4.78 is 0. The average Bonchev–Trinajstić information content (AvgIpc) is 2.93. The lowest BCUT2D eigenvalue weighted by Crippen LogP contribution is -2.44. The van der Waals surface area contributed by atoms with Gasteiger partial charge in [0.25, 0.3) is 5.91 Å². The zero-order valence-corrected chi connectivity index (χ0v) is 12.0. The molecule has 0 aliphatic carbocycles. The summed E-state index contributed by atoms with van der Waals surface area (Å²) in [6.45, 7) is 0.877. The molecule has 3 rings (SSSR count). The Kier molecular flexibility index (Phi) is 3.84. The maximum atomic E-state index is 12.7. The number of nitrogens with two attached hydrogens (primary N) is 1. The third kappa shape index (κ3) is 2.61. The van der Waals surface area contributed by atoms with Gasteiger partial charge in [0.2, 0.25) is 0 Å². The van der Waals surface area contributed by atoms with Gasteiger partial charge in [0.1, 0.15) is 5.69 Å². The van der Waals surface area contributed by atoms with E-state index in [1.54, 1.807) is 0 Å². The van der Waals surface area contributed by atoms with Gasteiger partial charge in [-0.1, -0.05) is 12.1 Å². The van der Waals surface area contributed by atoms with Crippen molar-refractivity contribution in [3.63, 3.8) is 0 Å². The van der Waals surface area contributed by atoms with Crippen LogP contribution in [0.1, 0.15) is 36.2 Å². The highest BCUT2D eigenvalue weighted by Crippen LogP contribution is 2.25. The predicted octanol–water partition coefficient (Wildman–Crippen LogP) is 2.13. The zero-order chi connectivity index (χ0) is 14.8. The van der Waals surface area contributed by atoms with Gasteiger partial charge in [0.05, 0.1) is 11.2 Å². The molecule has 0 radical (unpaired) electrons. The lowest BCUT2D eigenvalue weighted by molar-refractivity contribution is 0.0569. The van der Waals surface area contributed by atoms with Crippen LogP contribution in [0.2, 0.25) is 0 Å². The Morgan fingerprint density at radius 1 is 1.43 bits per heavy atom. The number of aromatic nitrogens is 1. The second kappa shape index (κ2) is 5.77. The van der Waals surface area contributed by atoms with Gasteiger partial charge >= 0.3 is 0 Å². The Bertz CT molecular complexity index is 648. The highest BCUT2D eigenvalue weighted by Gasteiger charge is 2.27. The number of nitrogen functional groups attached to an aromatic ring is 1. The molecule has 0 bridgehead atoms. The number of nitrogens with one attached hydrogen (secondary N) is 1. The number of benzene rings is 1. The molecule has 112 valence electrons. The van der Waals surface area contributed by atoms with Crippen LogP contribution in [0, 0.1) is 0 Å². The normalized spacial score (nSPS) is 19.1. The summed E-state index contributed by atoms with van der Waals surface area (Å²) in [4.78, 5) is 17.8. The van der Waals surface area contributed by atoms with E-state index in [0.29, 0.717) is 17.8 Å². The van der Waals surface area contributed by atoms with Crippen LogP contribution < -0.4 is 5.73 Å². The number of aromatic amines is 1. The van der Waals surface area contributed by atoms with Gasteiger partial charge in [-0.2, -0.15) is 0 Å². The highest BCUT2D eigenvalue weighted by atomic mass is 16.3. The molecule has 4 N–H and O–H groups in total. The van der Waals surface area contributed by atoms with Gasteiger partial charge in [0, 0.05) is 24.6 Å². The molecule has 1 aliphatic rings. The van der Waals surface area contributed by atoms with Crippen LogP contribution in [-0.4, -0.2) is 40.1 Å². The number of hydrogen-bond donors (Lipinski definition) is 3. The van der Waals surface area contributed by atoms with Crippen molar-refractivity contribution in [2.45, 2.75) is 31.7 Å². The van der Waals surface area contributed by atoms with E-state index in [2.05, 4.69) is 4.98 Å². The molecule has 1 amide bonds. The standard InChI is InChI=1S/C16H21N3O2/c17-13-6-3-4-11-10-14(18-15(11)13)16(21)19-8-2-1-5-12(19)7-9-20/h3-4,6,10,12,18,20H,1-2,5,7-9,17H2. The van der Waals surface area contributed by atoms with Crippen LogP contribution in [0.4, 0.5) is 5.69 Å². The highest BCUT2D eigenvalue weighted by molar-refractivity contribution is 6.01. The molecule has 1 aliphatic heterocycles. The van der Waals surface area contributed by atoms with E-state index in [1.165, 1.54) is 0 Å². The van der Waals surface area contributed by atoms with Crippen LogP contribution in [-0.2, 0) is 0 Å². The summed E-state index contributed by atoms with van der Waals surface area (Å²) in [5.74, 6) is 0.00347. The zero-order valence-electron chi connectivity index (χ0n) is 12.0. The van der Waals surface area contributed by atoms with E-state index in [-0.39, 0.29) is 18.6 Å². The molecule has 0 spiro atoms. The van der Waals surface area contributed by atoms with E-state index in [0.717, 1.165) is 36.7 Å². The minimum atomic E-state index is 0.00347. The number of aliphatic hydroxyl groups excluding tert-OH is 1. The molecule has 1 aromatic heterocycles. The lowest BCUT2D eigenvalue weighted by Gasteiger charge is -2.35. The molecular weight excluding hydrogens is 266 g/mol. The quantitative estimate of drug-likeness (QED) is 0.756.